The summed E-state index contributed by atoms with van der Waals surface area (Å²) in [6.07, 6.45) is 0. The van der Waals surface area contributed by atoms with Crippen molar-refractivity contribution in [3.63, 3.8) is 0 Å². The fourth-order valence-corrected chi connectivity index (χ4v) is 2.46. The van der Waals surface area contributed by atoms with Crippen LogP contribution in [0.5, 0.6) is 0 Å². The van der Waals surface area contributed by atoms with Crippen LogP contribution in [0.4, 0.5) is 5.69 Å². The number of sulfonamides is 1. The van der Waals surface area contributed by atoms with E-state index in [1.165, 1.54) is 18.4 Å². The third-order valence-corrected chi connectivity index (χ3v) is 4.61. The van der Waals surface area contributed by atoms with E-state index in [0.29, 0.717) is 10.9 Å². The van der Waals surface area contributed by atoms with E-state index in [-0.39, 0.29) is 0 Å². The molecule has 2 rings (SSSR count). The first-order chi connectivity index (χ1) is 8.00. The number of nitrogens with zero attached hydrogens (tertiary/aromatic N) is 1. The molecule has 0 spiro atoms. The molecular formula is C11H17N3O2S. The van der Waals surface area contributed by atoms with Gasteiger partial charge in [-0.05, 0) is 24.3 Å². The van der Waals surface area contributed by atoms with Gasteiger partial charge in [-0.2, -0.15) is 0 Å². The van der Waals surface area contributed by atoms with Gasteiger partial charge in [0.1, 0.15) is 0 Å². The zero-order chi connectivity index (χ0) is 12.5. The lowest BCUT2D eigenvalue weighted by atomic mass is 10.1. The minimum atomic E-state index is -3.32. The maximum Gasteiger partial charge on any atom is 0.242 e. The predicted molar refractivity (Wildman–Crippen MR) is 67.6 cm³/mol. The molecule has 1 aliphatic rings. The van der Waals surface area contributed by atoms with Crippen LogP contribution in [-0.2, 0) is 10.0 Å². The van der Waals surface area contributed by atoms with Crippen molar-refractivity contribution in [3.05, 3.63) is 24.3 Å². The first-order valence-corrected chi connectivity index (χ1v) is 6.94. The summed E-state index contributed by atoms with van der Waals surface area (Å²) in [6, 6.07) is 7.31. The van der Waals surface area contributed by atoms with E-state index in [1.807, 2.05) is 0 Å². The van der Waals surface area contributed by atoms with Crippen LogP contribution in [0.2, 0.25) is 0 Å². The van der Waals surface area contributed by atoms with E-state index in [2.05, 4.69) is 10.6 Å². The number of anilines is 1. The maximum atomic E-state index is 11.8. The smallest absolute Gasteiger partial charge is 0.242 e. The molecule has 0 amide bonds. The standard InChI is InChI=1S/C11H17N3O2S/c1-14(2)17(15,16)11-5-3-9(4-6-11)13-10-7-12-8-10/h3-6,10,12-13H,7-8H2,1-2H3. The normalized spacial score (nSPS) is 16.9. The van der Waals surface area contributed by atoms with Crippen molar-refractivity contribution in [1.29, 1.82) is 0 Å². The van der Waals surface area contributed by atoms with Crippen LogP contribution in [0.15, 0.2) is 29.2 Å². The minimum Gasteiger partial charge on any atom is -0.380 e. The Morgan fingerprint density at radius 1 is 1.24 bits per heavy atom. The monoisotopic (exact) mass is 255 g/mol. The Bertz CT molecular complexity index is 478. The Morgan fingerprint density at radius 3 is 2.24 bits per heavy atom. The van der Waals surface area contributed by atoms with E-state index < -0.39 is 10.0 Å². The molecule has 1 saturated heterocycles. The first-order valence-electron chi connectivity index (χ1n) is 5.50. The van der Waals surface area contributed by atoms with Crippen LogP contribution in [0, 0.1) is 0 Å². The molecule has 1 aliphatic heterocycles. The van der Waals surface area contributed by atoms with Gasteiger partial charge in [0.25, 0.3) is 0 Å². The van der Waals surface area contributed by atoms with Crippen molar-refractivity contribution in [2.24, 2.45) is 0 Å². The quantitative estimate of drug-likeness (QED) is 0.813. The lowest BCUT2D eigenvalue weighted by Crippen LogP contribution is -2.51. The van der Waals surface area contributed by atoms with E-state index in [9.17, 15) is 8.42 Å². The van der Waals surface area contributed by atoms with E-state index >= 15 is 0 Å². The molecule has 0 saturated carbocycles. The zero-order valence-electron chi connectivity index (χ0n) is 9.97. The first kappa shape index (κ1) is 12.3. The molecule has 94 valence electrons. The highest BCUT2D eigenvalue weighted by Crippen LogP contribution is 2.17. The molecule has 0 atom stereocenters. The second kappa shape index (κ2) is 4.64. The van der Waals surface area contributed by atoms with E-state index in [0.717, 1.165) is 18.8 Å². The summed E-state index contributed by atoms with van der Waals surface area (Å²) in [5, 5.41) is 6.48. The predicted octanol–water partition coefficient (Wildman–Crippen LogP) is 0.321. The van der Waals surface area contributed by atoms with Gasteiger partial charge in [-0.3, -0.25) is 0 Å². The molecule has 5 nitrogen and oxygen atoms in total. The van der Waals surface area contributed by atoms with Crippen LogP contribution in [0.1, 0.15) is 0 Å². The van der Waals surface area contributed by atoms with Crippen molar-refractivity contribution in [2.75, 3.05) is 32.5 Å². The number of benzene rings is 1. The number of nitrogens with one attached hydrogen (secondary N) is 2. The maximum absolute atomic E-state index is 11.8. The van der Waals surface area contributed by atoms with Crippen LogP contribution < -0.4 is 10.6 Å². The topological polar surface area (TPSA) is 61.4 Å². The van der Waals surface area contributed by atoms with Crippen molar-refractivity contribution in [2.45, 2.75) is 10.9 Å². The SMILES string of the molecule is CN(C)S(=O)(=O)c1ccc(NC2CNC2)cc1. The lowest BCUT2D eigenvalue weighted by Gasteiger charge is -2.29. The highest BCUT2D eigenvalue weighted by molar-refractivity contribution is 7.89. The van der Waals surface area contributed by atoms with Gasteiger partial charge in [0.05, 0.1) is 10.9 Å². The number of rotatable bonds is 4. The molecule has 0 unspecified atom stereocenters. The third-order valence-electron chi connectivity index (χ3n) is 2.79. The second-order valence-corrected chi connectivity index (χ2v) is 6.46. The molecule has 1 aromatic carbocycles. The van der Waals surface area contributed by atoms with Gasteiger partial charge < -0.3 is 10.6 Å². The molecule has 1 heterocycles. The Kier molecular flexibility index (Phi) is 3.37. The summed E-state index contributed by atoms with van der Waals surface area (Å²) in [5.41, 5.74) is 0.953. The molecule has 6 heteroatoms. The van der Waals surface area contributed by atoms with Gasteiger partial charge in [0, 0.05) is 32.9 Å². The molecule has 1 fully saturated rings. The van der Waals surface area contributed by atoms with Crippen LogP contribution >= 0.6 is 0 Å². The average Bonchev–Trinajstić information content (AvgIpc) is 2.24. The summed E-state index contributed by atoms with van der Waals surface area (Å²) >= 11 is 0. The summed E-state index contributed by atoms with van der Waals surface area (Å²) in [7, 11) is -0.262. The molecule has 1 aromatic rings. The van der Waals surface area contributed by atoms with Crippen molar-refractivity contribution in [1.82, 2.24) is 9.62 Å². The van der Waals surface area contributed by atoms with Gasteiger partial charge in [0.2, 0.25) is 10.0 Å². The fraction of sp³-hybridized carbons (Fsp3) is 0.455. The van der Waals surface area contributed by atoms with Crippen molar-refractivity contribution >= 4 is 15.7 Å². The second-order valence-electron chi connectivity index (χ2n) is 4.31. The molecule has 0 radical (unpaired) electrons. The molecule has 0 bridgehead atoms. The lowest BCUT2D eigenvalue weighted by molar-refractivity contribution is 0.472. The zero-order valence-corrected chi connectivity index (χ0v) is 10.8. The Hall–Kier alpha value is -1.11. The average molecular weight is 255 g/mol. The van der Waals surface area contributed by atoms with Crippen LogP contribution in [0.25, 0.3) is 0 Å². The van der Waals surface area contributed by atoms with Crippen LogP contribution in [0.3, 0.4) is 0 Å². The summed E-state index contributed by atoms with van der Waals surface area (Å²) in [4.78, 5) is 0.319. The van der Waals surface area contributed by atoms with Crippen molar-refractivity contribution in [3.8, 4) is 0 Å². The molecule has 2 N–H and O–H groups in total. The molecule has 17 heavy (non-hydrogen) atoms. The van der Waals surface area contributed by atoms with Gasteiger partial charge in [-0.25, -0.2) is 12.7 Å². The van der Waals surface area contributed by atoms with Gasteiger partial charge in [-0.1, -0.05) is 0 Å². The molecular weight excluding hydrogens is 238 g/mol. The van der Waals surface area contributed by atoms with Gasteiger partial charge in [0.15, 0.2) is 0 Å². The molecule has 0 aliphatic carbocycles. The van der Waals surface area contributed by atoms with E-state index in [4.69, 9.17) is 0 Å². The number of hydrogen-bond donors (Lipinski definition) is 2. The minimum absolute atomic E-state index is 0.319. The van der Waals surface area contributed by atoms with Crippen molar-refractivity contribution < 1.29 is 8.42 Å². The largest absolute Gasteiger partial charge is 0.380 e. The van der Waals surface area contributed by atoms with Gasteiger partial charge in [-0.15, -0.1) is 0 Å². The third kappa shape index (κ3) is 2.59. The Balaban J connectivity index is 2.12. The Labute approximate surface area is 102 Å². The fourth-order valence-electron chi connectivity index (χ4n) is 1.56. The summed E-state index contributed by atoms with van der Waals surface area (Å²) in [6.45, 7) is 1.91. The molecule has 0 aromatic heterocycles. The summed E-state index contributed by atoms with van der Waals surface area (Å²) < 4.78 is 24.9. The highest BCUT2D eigenvalue weighted by Gasteiger charge is 2.18. The summed E-state index contributed by atoms with van der Waals surface area (Å²) in [5.74, 6) is 0. The van der Waals surface area contributed by atoms with Gasteiger partial charge >= 0.3 is 0 Å². The number of hydrogen-bond acceptors (Lipinski definition) is 4. The highest BCUT2D eigenvalue weighted by atomic mass is 32.2. The Morgan fingerprint density at radius 2 is 1.82 bits per heavy atom. The van der Waals surface area contributed by atoms with Crippen LogP contribution in [-0.4, -0.2) is 45.9 Å². The van der Waals surface area contributed by atoms with E-state index in [1.54, 1.807) is 24.3 Å².